The van der Waals surface area contributed by atoms with Gasteiger partial charge < -0.3 is 20.1 Å². The Kier molecular flexibility index (Phi) is 3.71. The fourth-order valence-corrected chi connectivity index (χ4v) is 1.47. The zero-order valence-electron chi connectivity index (χ0n) is 8.86. The molecule has 0 aromatic carbocycles. The zero-order valence-corrected chi connectivity index (χ0v) is 8.86. The molecule has 1 fully saturated rings. The van der Waals surface area contributed by atoms with Crippen LogP contribution in [0.4, 0.5) is 4.79 Å². The van der Waals surface area contributed by atoms with Gasteiger partial charge in [-0.15, -0.1) is 0 Å². The van der Waals surface area contributed by atoms with Gasteiger partial charge in [0.2, 0.25) is 0 Å². The molecule has 2 unspecified atom stereocenters. The highest BCUT2D eigenvalue weighted by Crippen LogP contribution is 2.09. The molecule has 0 saturated carbocycles. The monoisotopic (exact) mass is 202 g/mol. The van der Waals surface area contributed by atoms with Gasteiger partial charge >= 0.3 is 6.09 Å². The van der Waals surface area contributed by atoms with E-state index in [0.717, 1.165) is 0 Å². The maximum Gasteiger partial charge on any atom is 0.410 e. The molecule has 82 valence electrons. The van der Waals surface area contributed by atoms with Gasteiger partial charge in [-0.05, 0) is 13.8 Å². The number of nitrogens with zero attached hydrogens (tertiary/aromatic N) is 1. The number of aliphatic hydroxyl groups excluding tert-OH is 1. The predicted molar refractivity (Wildman–Crippen MR) is 52.0 cm³/mol. The third-order valence-corrected chi connectivity index (χ3v) is 2.27. The van der Waals surface area contributed by atoms with Crippen molar-refractivity contribution >= 4 is 6.09 Å². The van der Waals surface area contributed by atoms with E-state index < -0.39 is 6.10 Å². The standard InChI is InChI=1S/C9H18N2O3/c1-6(2)14-9(13)11(3)7-4-10-5-8(7)12/h6-8,10,12H,4-5H2,1-3H3. The molecule has 5 heteroatoms. The summed E-state index contributed by atoms with van der Waals surface area (Å²) in [6.07, 6.45) is -1.01. The van der Waals surface area contributed by atoms with Gasteiger partial charge in [0.1, 0.15) is 0 Å². The van der Waals surface area contributed by atoms with E-state index in [0.29, 0.717) is 13.1 Å². The van der Waals surface area contributed by atoms with Crippen LogP contribution < -0.4 is 5.32 Å². The number of nitrogens with one attached hydrogen (secondary N) is 1. The molecule has 1 rings (SSSR count). The molecular formula is C9H18N2O3. The van der Waals surface area contributed by atoms with Crippen LogP contribution in [0.15, 0.2) is 0 Å². The van der Waals surface area contributed by atoms with Crippen LogP contribution in [0.5, 0.6) is 0 Å². The van der Waals surface area contributed by atoms with Gasteiger partial charge in [-0.2, -0.15) is 0 Å². The Morgan fingerprint density at radius 2 is 2.21 bits per heavy atom. The molecule has 0 bridgehead atoms. The van der Waals surface area contributed by atoms with E-state index in [-0.39, 0.29) is 18.2 Å². The van der Waals surface area contributed by atoms with Crippen LogP contribution in [0.2, 0.25) is 0 Å². The smallest absolute Gasteiger partial charge is 0.410 e. The van der Waals surface area contributed by atoms with Gasteiger partial charge in [-0.3, -0.25) is 0 Å². The first-order valence-electron chi connectivity index (χ1n) is 4.84. The molecule has 2 atom stereocenters. The third kappa shape index (κ3) is 2.59. The average molecular weight is 202 g/mol. The lowest BCUT2D eigenvalue weighted by molar-refractivity contribution is 0.0498. The summed E-state index contributed by atoms with van der Waals surface area (Å²) < 4.78 is 5.02. The van der Waals surface area contributed by atoms with Crippen LogP contribution in [0.25, 0.3) is 0 Å². The van der Waals surface area contributed by atoms with Gasteiger partial charge in [-0.25, -0.2) is 4.79 Å². The number of carbonyl (C=O) groups is 1. The maximum absolute atomic E-state index is 11.5. The molecule has 14 heavy (non-hydrogen) atoms. The minimum Gasteiger partial charge on any atom is -0.447 e. The summed E-state index contributed by atoms with van der Waals surface area (Å²) in [6, 6.07) is -0.179. The molecule has 1 aliphatic heterocycles. The second-order valence-electron chi connectivity index (χ2n) is 3.84. The molecule has 0 spiro atoms. The largest absolute Gasteiger partial charge is 0.447 e. The summed E-state index contributed by atoms with van der Waals surface area (Å²) in [4.78, 5) is 12.9. The highest BCUT2D eigenvalue weighted by atomic mass is 16.6. The average Bonchev–Trinajstić information content (AvgIpc) is 2.48. The molecule has 0 aromatic heterocycles. The normalized spacial score (nSPS) is 26.6. The molecule has 1 amide bonds. The summed E-state index contributed by atoms with van der Waals surface area (Å²) in [5, 5.41) is 12.5. The number of rotatable bonds is 2. The number of carbonyl (C=O) groups excluding carboxylic acids is 1. The molecule has 1 aliphatic rings. The summed E-state index contributed by atoms with van der Waals surface area (Å²) in [5.41, 5.74) is 0. The summed E-state index contributed by atoms with van der Waals surface area (Å²) in [6.45, 7) is 4.75. The molecule has 2 N–H and O–H groups in total. The lowest BCUT2D eigenvalue weighted by Crippen LogP contribution is -2.45. The Hall–Kier alpha value is -0.810. The van der Waals surface area contributed by atoms with Crippen molar-refractivity contribution in [3.8, 4) is 0 Å². The highest BCUT2D eigenvalue weighted by Gasteiger charge is 2.32. The molecule has 1 heterocycles. The van der Waals surface area contributed by atoms with Crippen molar-refractivity contribution in [3.05, 3.63) is 0 Å². The number of ether oxygens (including phenoxy) is 1. The van der Waals surface area contributed by atoms with Gasteiger partial charge in [0.15, 0.2) is 0 Å². The number of hydrogen-bond acceptors (Lipinski definition) is 4. The lowest BCUT2D eigenvalue weighted by Gasteiger charge is -2.26. The van der Waals surface area contributed by atoms with Gasteiger partial charge in [0.05, 0.1) is 18.2 Å². The maximum atomic E-state index is 11.5. The van der Waals surface area contributed by atoms with Crippen molar-refractivity contribution in [3.63, 3.8) is 0 Å². The lowest BCUT2D eigenvalue weighted by atomic mass is 10.2. The van der Waals surface area contributed by atoms with E-state index in [1.165, 1.54) is 4.90 Å². The Bertz CT molecular complexity index is 208. The number of aliphatic hydroxyl groups is 1. The Labute approximate surface area is 84.0 Å². The zero-order chi connectivity index (χ0) is 10.7. The molecule has 0 aliphatic carbocycles. The minimum atomic E-state index is -0.500. The first kappa shape index (κ1) is 11.3. The third-order valence-electron chi connectivity index (χ3n) is 2.27. The highest BCUT2D eigenvalue weighted by molar-refractivity contribution is 5.68. The van der Waals surface area contributed by atoms with Crippen LogP contribution in [-0.4, -0.2) is 54.5 Å². The van der Waals surface area contributed by atoms with E-state index in [4.69, 9.17) is 4.74 Å². The van der Waals surface area contributed by atoms with Crippen molar-refractivity contribution in [2.45, 2.75) is 32.1 Å². The minimum absolute atomic E-state index is 0.128. The van der Waals surface area contributed by atoms with E-state index in [9.17, 15) is 9.90 Å². The quantitative estimate of drug-likeness (QED) is 0.651. The van der Waals surface area contributed by atoms with Crippen LogP contribution in [-0.2, 0) is 4.74 Å². The van der Waals surface area contributed by atoms with Crippen LogP contribution >= 0.6 is 0 Å². The van der Waals surface area contributed by atoms with Crippen molar-refractivity contribution in [1.82, 2.24) is 10.2 Å². The van der Waals surface area contributed by atoms with Gasteiger partial charge in [0.25, 0.3) is 0 Å². The van der Waals surface area contributed by atoms with Crippen LogP contribution in [0.3, 0.4) is 0 Å². The fraction of sp³-hybridized carbons (Fsp3) is 0.889. The first-order valence-corrected chi connectivity index (χ1v) is 4.84. The van der Waals surface area contributed by atoms with Crippen molar-refractivity contribution in [2.75, 3.05) is 20.1 Å². The molecule has 0 aromatic rings. The molecule has 0 radical (unpaired) electrons. The Morgan fingerprint density at radius 3 is 2.64 bits per heavy atom. The van der Waals surface area contributed by atoms with Gasteiger partial charge in [-0.1, -0.05) is 0 Å². The van der Waals surface area contributed by atoms with E-state index in [1.54, 1.807) is 20.9 Å². The van der Waals surface area contributed by atoms with Crippen molar-refractivity contribution in [1.29, 1.82) is 0 Å². The van der Waals surface area contributed by atoms with E-state index >= 15 is 0 Å². The first-order chi connectivity index (χ1) is 6.52. The van der Waals surface area contributed by atoms with Crippen LogP contribution in [0.1, 0.15) is 13.8 Å². The fourth-order valence-electron chi connectivity index (χ4n) is 1.47. The summed E-state index contributed by atoms with van der Waals surface area (Å²) >= 11 is 0. The summed E-state index contributed by atoms with van der Waals surface area (Å²) in [5.74, 6) is 0. The van der Waals surface area contributed by atoms with Crippen molar-refractivity contribution in [2.24, 2.45) is 0 Å². The van der Waals surface area contributed by atoms with E-state index in [2.05, 4.69) is 5.32 Å². The Balaban J connectivity index is 2.47. The molecular weight excluding hydrogens is 184 g/mol. The molecule has 1 saturated heterocycles. The Morgan fingerprint density at radius 1 is 1.57 bits per heavy atom. The van der Waals surface area contributed by atoms with Crippen LogP contribution in [0, 0.1) is 0 Å². The second-order valence-corrected chi connectivity index (χ2v) is 3.84. The number of likely N-dealkylation sites (N-methyl/N-ethyl adjacent to an activating group) is 1. The number of hydrogen-bond donors (Lipinski definition) is 2. The summed E-state index contributed by atoms with van der Waals surface area (Å²) in [7, 11) is 1.64. The number of β-amino-alcohol motifs (C(OH)–C–C–N with tert-alkyl or cyclic N) is 1. The van der Waals surface area contributed by atoms with Gasteiger partial charge in [0, 0.05) is 20.1 Å². The van der Waals surface area contributed by atoms with Crippen molar-refractivity contribution < 1.29 is 14.6 Å². The second kappa shape index (κ2) is 4.61. The van der Waals surface area contributed by atoms with E-state index in [1.807, 2.05) is 0 Å². The molecule has 5 nitrogen and oxygen atoms in total. The topological polar surface area (TPSA) is 61.8 Å². The number of amides is 1. The SMILES string of the molecule is CC(C)OC(=O)N(C)C1CNCC1O. The predicted octanol–water partition coefficient (Wildman–Crippen LogP) is -0.204.